The summed E-state index contributed by atoms with van der Waals surface area (Å²) in [4.78, 5) is 0. The molecule has 0 aromatic carbocycles. The number of hydrogen-bond acceptors (Lipinski definition) is 10. The lowest BCUT2D eigenvalue weighted by atomic mass is 9.99. The van der Waals surface area contributed by atoms with Crippen molar-refractivity contribution in [2.45, 2.75) is 55.3 Å². The van der Waals surface area contributed by atoms with Crippen LogP contribution in [0.4, 0.5) is 0 Å². The molecule has 0 aliphatic carbocycles. The van der Waals surface area contributed by atoms with Gasteiger partial charge >= 0.3 is 0 Å². The zero-order valence-corrected chi connectivity index (χ0v) is 11.0. The van der Waals surface area contributed by atoms with E-state index in [0.717, 1.165) is 0 Å². The van der Waals surface area contributed by atoms with Crippen LogP contribution in [0.1, 0.15) is 0 Å². The van der Waals surface area contributed by atoms with Gasteiger partial charge in [0.2, 0.25) is 0 Å². The van der Waals surface area contributed by atoms with Crippen LogP contribution in [-0.2, 0) is 14.2 Å². The molecule has 2 saturated heterocycles. The van der Waals surface area contributed by atoms with E-state index in [1.165, 1.54) is 0 Å². The summed E-state index contributed by atoms with van der Waals surface area (Å²) in [6.45, 7) is -1.17. The third kappa shape index (κ3) is 3.19. The minimum absolute atomic E-state index is 0.549. The van der Waals surface area contributed by atoms with E-state index in [9.17, 15) is 25.5 Å². The van der Waals surface area contributed by atoms with Gasteiger partial charge in [-0.25, -0.2) is 0 Å². The summed E-state index contributed by atoms with van der Waals surface area (Å²) in [7, 11) is 0. The molecular formula is C11H20O10. The van der Waals surface area contributed by atoms with Gasteiger partial charge in [-0.3, -0.25) is 0 Å². The Kier molecular flexibility index (Phi) is 5.48. The second-order valence-corrected chi connectivity index (χ2v) is 5.04. The van der Waals surface area contributed by atoms with Crippen molar-refractivity contribution in [1.82, 2.24) is 0 Å². The lowest BCUT2D eigenvalue weighted by Crippen LogP contribution is -2.60. The molecule has 2 heterocycles. The van der Waals surface area contributed by atoms with E-state index >= 15 is 0 Å². The molecule has 10 nitrogen and oxygen atoms in total. The molecule has 1 unspecified atom stereocenters. The number of aliphatic hydroxyl groups excluding tert-OH is 7. The first-order valence-corrected chi connectivity index (χ1v) is 6.49. The van der Waals surface area contributed by atoms with Crippen LogP contribution in [0, 0.1) is 0 Å². The fourth-order valence-electron chi connectivity index (χ4n) is 2.29. The van der Waals surface area contributed by atoms with E-state index in [0.29, 0.717) is 0 Å². The Bertz CT molecular complexity index is 339. The third-order valence-corrected chi connectivity index (χ3v) is 3.62. The lowest BCUT2D eigenvalue weighted by Gasteiger charge is -2.40. The topological polar surface area (TPSA) is 169 Å². The summed E-state index contributed by atoms with van der Waals surface area (Å²) in [5.74, 6) is 0. The van der Waals surface area contributed by atoms with Crippen molar-refractivity contribution in [2.75, 3.05) is 13.2 Å². The Hall–Kier alpha value is -0.400. The van der Waals surface area contributed by atoms with E-state index < -0.39 is 68.5 Å². The van der Waals surface area contributed by atoms with Crippen LogP contribution in [0.5, 0.6) is 0 Å². The molecule has 0 aromatic rings. The van der Waals surface area contributed by atoms with Gasteiger partial charge in [-0.2, -0.15) is 0 Å². The van der Waals surface area contributed by atoms with Crippen molar-refractivity contribution in [1.29, 1.82) is 0 Å². The molecular weight excluding hydrogens is 292 g/mol. The first-order chi connectivity index (χ1) is 9.90. The first-order valence-electron chi connectivity index (χ1n) is 6.49. The summed E-state index contributed by atoms with van der Waals surface area (Å²) < 4.78 is 15.3. The Morgan fingerprint density at radius 1 is 0.619 bits per heavy atom. The average Bonchev–Trinajstić information content (AvgIpc) is 2.75. The molecule has 2 fully saturated rings. The highest BCUT2D eigenvalue weighted by atomic mass is 16.8. The van der Waals surface area contributed by atoms with E-state index in [4.69, 9.17) is 24.4 Å². The number of hydrogen-bond donors (Lipinski definition) is 7. The van der Waals surface area contributed by atoms with Crippen molar-refractivity contribution in [3.05, 3.63) is 0 Å². The summed E-state index contributed by atoms with van der Waals surface area (Å²) in [5.41, 5.74) is 0. The largest absolute Gasteiger partial charge is 0.394 e. The van der Waals surface area contributed by atoms with E-state index in [1.54, 1.807) is 0 Å². The van der Waals surface area contributed by atoms with E-state index in [-0.39, 0.29) is 0 Å². The third-order valence-electron chi connectivity index (χ3n) is 3.62. The van der Waals surface area contributed by atoms with Crippen molar-refractivity contribution >= 4 is 0 Å². The highest BCUT2D eigenvalue weighted by Crippen LogP contribution is 2.28. The Morgan fingerprint density at radius 3 is 1.43 bits per heavy atom. The maximum absolute atomic E-state index is 9.77. The smallest absolute Gasteiger partial charge is 0.189 e. The predicted octanol–water partition coefficient (Wildman–Crippen LogP) is -4.76. The van der Waals surface area contributed by atoms with Crippen LogP contribution in [-0.4, -0.2) is 104 Å². The molecule has 124 valence electrons. The molecule has 9 atom stereocenters. The molecule has 2 rings (SSSR count). The molecule has 0 spiro atoms. The summed E-state index contributed by atoms with van der Waals surface area (Å²) >= 11 is 0. The molecule has 2 aliphatic heterocycles. The second kappa shape index (κ2) is 6.79. The molecule has 10 heteroatoms. The van der Waals surface area contributed by atoms with Crippen LogP contribution in [0.15, 0.2) is 0 Å². The van der Waals surface area contributed by atoms with Crippen LogP contribution < -0.4 is 0 Å². The van der Waals surface area contributed by atoms with E-state index in [2.05, 4.69) is 0 Å². The van der Waals surface area contributed by atoms with Crippen LogP contribution >= 0.6 is 0 Å². The lowest BCUT2D eigenvalue weighted by molar-refractivity contribution is -0.341. The zero-order valence-electron chi connectivity index (χ0n) is 11.0. The van der Waals surface area contributed by atoms with E-state index in [1.807, 2.05) is 0 Å². The van der Waals surface area contributed by atoms with Gasteiger partial charge in [0.05, 0.1) is 13.2 Å². The van der Waals surface area contributed by atoms with Crippen LogP contribution in [0.25, 0.3) is 0 Å². The van der Waals surface area contributed by atoms with Crippen LogP contribution in [0.3, 0.4) is 0 Å². The number of aliphatic hydroxyl groups is 7. The maximum Gasteiger partial charge on any atom is 0.189 e. The number of ether oxygens (including phenoxy) is 3. The van der Waals surface area contributed by atoms with Gasteiger partial charge in [-0.15, -0.1) is 0 Å². The predicted molar refractivity (Wildman–Crippen MR) is 62.6 cm³/mol. The molecule has 0 aromatic heterocycles. The molecule has 21 heavy (non-hydrogen) atoms. The molecule has 0 amide bonds. The van der Waals surface area contributed by atoms with Gasteiger partial charge in [0.15, 0.2) is 12.6 Å². The first kappa shape index (κ1) is 17.0. The minimum atomic E-state index is -1.65. The van der Waals surface area contributed by atoms with Crippen molar-refractivity contribution < 1.29 is 50.0 Å². The van der Waals surface area contributed by atoms with Gasteiger partial charge in [0.1, 0.15) is 42.7 Å². The van der Waals surface area contributed by atoms with Gasteiger partial charge < -0.3 is 50.0 Å². The Morgan fingerprint density at radius 2 is 1.00 bits per heavy atom. The summed E-state index contributed by atoms with van der Waals surface area (Å²) in [6.07, 6.45) is -12.8. The summed E-state index contributed by atoms with van der Waals surface area (Å²) in [6, 6.07) is 0. The molecule has 7 N–H and O–H groups in total. The number of rotatable bonds is 4. The van der Waals surface area contributed by atoms with Crippen molar-refractivity contribution in [3.8, 4) is 0 Å². The highest BCUT2D eigenvalue weighted by molar-refractivity contribution is 4.91. The molecule has 2 aliphatic rings. The average molecular weight is 312 g/mol. The molecule has 0 saturated carbocycles. The van der Waals surface area contributed by atoms with Gasteiger partial charge in [-0.05, 0) is 0 Å². The summed E-state index contributed by atoms with van der Waals surface area (Å²) in [5, 5.41) is 66.2. The van der Waals surface area contributed by atoms with Crippen molar-refractivity contribution in [3.63, 3.8) is 0 Å². The van der Waals surface area contributed by atoms with Gasteiger partial charge in [0, 0.05) is 0 Å². The normalized spacial score (nSPS) is 51.3. The van der Waals surface area contributed by atoms with Crippen molar-refractivity contribution in [2.24, 2.45) is 0 Å². The van der Waals surface area contributed by atoms with Crippen LogP contribution in [0.2, 0.25) is 0 Å². The SMILES string of the molecule is OC[C@H]1O[C@H](OC2O[C@H](CO)[C@H](O)[C@H]2O)[C@H](O)[C@@H](O)[C@@H]1O. The van der Waals surface area contributed by atoms with Gasteiger partial charge in [-0.1, -0.05) is 0 Å². The fourth-order valence-corrected chi connectivity index (χ4v) is 2.29. The zero-order chi connectivity index (χ0) is 15.7. The molecule has 0 bridgehead atoms. The fraction of sp³-hybridized carbons (Fsp3) is 1.00. The quantitative estimate of drug-likeness (QED) is 0.267. The molecule has 0 radical (unpaired) electrons. The van der Waals surface area contributed by atoms with Gasteiger partial charge in [0.25, 0.3) is 0 Å². The Labute approximate surface area is 119 Å². The maximum atomic E-state index is 9.77. The minimum Gasteiger partial charge on any atom is -0.394 e. The Balaban J connectivity index is 2.01. The standard InChI is InChI=1S/C11H20O10/c12-1-3-5(14)7(16)9(18)11(19-3)21-10-8(17)6(15)4(2-13)20-10/h3-18H,1-2H2/t3-,4-,5-,6+,7+,8-,9-,10?,11-/m1/s1. The monoisotopic (exact) mass is 312 g/mol. The second-order valence-electron chi connectivity index (χ2n) is 5.04. The highest BCUT2D eigenvalue weighted by Gasteiger charge is 2.49.